The predicted molar refractivity (Wildman–Crippen MR) is 85.0 cm³/mol. The quantitative estimate of drug-likeness (QED) is 0.635. The maximum atomic E-state index is 5.25. The molecule has 0 aromatic heterocycles. The SMILES string of the molecule is C=CC1=C(/C=C(\C)OC)C=C(OC)CC1.CC.CC. The molecule has 1 aliphatic carbocycles. The molecule has 0 bridgehead atoms. The van der Waals surface area contributed by atoms with Gasteiger partial charge in [-0.25, -0.2) is 0 Å². The summed E-state index contributed by atoms with van der Waals surface area (Å²) in [6, 6.07) is 0. The Labute approximate surface area is 119 Å². The van der Waals surface area contributed by atoms with Gasteiger partial charge in [-0.2, -0.15) is 0 Å². The fourth-order valence-corrected chi connectivity index (χ4v) is 1.53. The molecular formula is C17H30O2. The minimum atomic E-state index is 0.887. The smallest absolute Gasteiger partial charge is 0.0964 e. The number of methoxy groups -OCH3 is 2. The monoisotopic (exact) mass is 266 g/mol. The standard InChI is InChI=1S/C13H18O2.2C2H6/c1-5-11-6-7-13(15-4)9-12(11)8-10(2)14-3;2*1-2/h5,8-9H,1,6-7H2,2-4H3;2*1-2H3/b10-8+;;. The van der Waals surface area contributed by atoms with Gasteiger partial charge in [0.2, 0.25) is 0 Å². The van der Waals surface area contributed by atoms with Crippen molar-refractivity contribution in [3.63, 3.8) is 0 Å². The van der Waals surface area contributed by atoms with Crippen LogP contribution in [0.3, 0.4) is 0 Å². The molecule has 0 radical (unpaired) electrons. The molecule has 0 unspecified atom stereocenters. The summed E-state index contributed by atoms with van der Waals surface area (Å²) in [4.78, 5) is 0. The van der Waals surface area contributed by atoms with Crippen LogP contribution in [-0.4, -0.2) is 14.2 Å². The molecule has 0 heterocycles. The summed E-state index contributed by atoms with van der Waals surface area (Å²) in [5.74, 6) is 1.90. The van der Waals surface area contributed by atoms with Gasteiger partial charge in [0.1, 0.15) is 0 Å². The van der Waals surface area contributed by atoms with Crippen LogP contribution in [0.4, 0.5) is 0 Å². The summed E-state index contributed by atoms with van der Waals surface area (Å²) in [6.07, 6.45) is 7.88. The molecule has 0 N–H and O–H groups in total. The Morgan fingerprint density at radius 1 is 1.16 bits per heavy atom. The van der Waals surface area contributed by atoms with Gasteiger partial charge in [0, 0.05) is 6.42 Å². The molecule has 0 fully saturated rings. The maximum Gasteiger partial charge on any atom is 0.0964 e. The topological polar surface area (TPSA) is 18.5 Å². The van der Waals surface area contributed by atoms with Crippen LogP contribution in [0.1, 0.15) is 47.5 Å². The fourth-order valence-electron chi connectivity index (χ4n) is 1.53. The van der Waals surface area contributed by atoms with Crippen LogP contribution in [0.2, 0.25) is 0 Å². The van der Waals surface area contributed by atoms with E-state index in [1.165, 1.54) is 5.57 Å². The van der Waals surface area contributed by atoms with Crippen LogP contribution in [-0.2, 0) is 9.47 Å². The van der Waals surface area contributed by atoms with E-state index in [1.54, 1.807) is 14.2 Å². The zero-order valence-electron chi connectivity index (χ0n) is 13.7. The van der Waals surface area contributed by atoms with Crippen LogP contribution >= 0.6 is 0 Å². The molecule has 0 spiro atoms. The molecule has 0 aromatic rings. The highest BCUT2D eigenvalue weighted by Crippen LogP contribution is 2.26. The van der Waals surface area contributed by atoms with E-state index < -0.39 is 0 Å². The Bertz CT molecular complexity index is 329. The Balaban J connectivity index is 0. The molecule has 0 aromatic carbocycles. The Morgan fingerprint density at radius 2 is 1.74 bits per heavy atom. The molecule has 0 aliphatic heterocycles. The van der Waals surface area contributed by atoms with Gasteiger partial charge in [-0.05, 0) is 36.6 Å². The first kappa shape index (κ1) is 19.9. The Kier molecular flexibility index (Phi) is 13.6. The van der Waals surface area contributed by atoms with Crippen LogP contribution < -0.4 is 0 Å². The molecule has 1 aliphatic rings. The zero-order valence-corrected chi connectivity index (χ0v) is 13.7. The molecule has 0 amide bonds. The van der Waals surface area contributed by atoms with E-state index >= 15 is 0 Å². The zero-order chi connectivity index (χ0) is 15.3. The first-order valence-electron chi connectivity index (χ1n) is 7.03. The van der Waals surface area contributed by atoms with Gasteiger partial charge >= 0.3 is 0 Å². The molecule has 0 saturated carbocycles. The van der Waals surface area contributed by atoms with Gasteiger partial charge in [-0.3, -0.25) is 0 Å². The van der Waals surface area contributed by atoms with Crippen molar-refractivity contribution < 1.29 is 9.47 Å². The third-order valence-corrected chi connectivity index (χ3v) is 2.52. The first-order chi connectivity index (χ1) is 9.21. The molecule has 19 heavy (non-hydrogen) atoms. The van der Waals surface area contributed by atoms with Crippen molar-refractivity contribution in [2.75, 3.05) is 14.2 Å². The Morgan fingerprint density at radius 3 is 2.16 bits per heavy atom. The van der Waals surface area contributed by atoms with Crippen molar-refractivity contribution in [2.45, 2.75) is 47.5 Å². The van der Waals surface area contributed by atoms with Crippen molar-refractivity contribution in [1.29, 1.82) is 0 Å². The number of ether oxygens (including phenoxy) is 2. The lowest BCUT2D eigenvalue weighted by Crippen LogP contribution is -1.99. The second-order valence-corrected chi connectivity index (χ2v) is 3.46. The lowest BCUT2D eigenvalue weighted by Gasteiger charge is -2.15. The highest BCUT2D eigenvalue weighted by atomic mass is 16.5. The number of allylic oxidation sites excluding steroid dienone is 7. The molecule has 2 heteroatoms. The lowest BCUT2D eigenvalue weighted by atomic mass is 9.96. The minimum absolute atomic E-state index is 0.887. The molecule has 0 atom stereocenters. The minimum Gasteiger partial charge on any atom is -0.501 e. The second kappa shape index (κ2) is 13.0. The number of hydrogen-bond donors (Lipinski definition) is 0. The van der Waals surface area contributed by atoms with Crippen molar-refractivity contribution in [1.82, 2.24) is 0 Å². The van der Waals surface area contributed by atoms with E-state index in [2.05, 4.69) is 6.58 Å². The van der Waals surface area contributed by atoms with E-state index in [9.17, 15) is 0 Å². The molecule has 0 saturated heterocycles. The van der Waals surface area contributed by atoms with Crippen LogP contribution in [0.5, 0.6) is 0 Å². The largest absolute Gasteiger partial charge is 0.501 e. The maximum absolute atomic E-state index is 5.25. The molecule has 2 nitrogen and oxygen atoms in total. The average molecular weight is 266 g/mol. The van der Waals surface area contributed by atoms with Crippen molar-refractivity contribution in [3.05, 3.63) is 47.5 Å². The van der Waals surface area contributed by atoms with Gasteiger partial charge in [0.15, 0.2) is 0 Å². The van der Waals surface area contributed by atoms with Gasteiger partial charge in [-0.15, -0.1) is 0 Å². The fraction of sp³-hybridized carbons (Fsp3) is 0.529. The normalized spacial score (nSPS) is 14.3. The number of hydrogen-bond acceptors (Lipinski definition) is 2. The second-order valence-electron chi connectivity index (χ2n) is 3.46. The third kappa shape index (κ3) is 7.55. The Hall–Kier alpha value is -1.44. The van der Waals surface area contributed by atoms with E-state index in [-0.39, 0.29) is 0 Å². The van der Waals surface area contributed by atoms with Gasteiger partial charge in [0.25, 0.3) is 0 Å². The summed E-state index contributed by atoms with van der Waals surface area (Å²) < 4.78 is 10.4. The summed E-state index contributed by atoms with van der Waals surface area (Å²) in [5, 5.41) is 0. The van der Waals surface area contributed by atoms with Crippen LogP contribution in [0, 0.1) is 0 Å². The summed E-state index contributed by atoms with van der Waals surface area (Å²) in [7, 11) is 3.37. The van der Waals surface area contributed by atoms with E-state index in [0.717, 1.165) is 29.9 Å². The molecule has 1 rings (SSSR count). The van der Waals surface area contributed by atoms with Gasteiger partial charge in [0.05, 0.1) is 25.7 Å². The van der Waals surface area contributed by atoms with Gasteiger partial charge < -0.3 is 9.47 Å². The van der Waals surface area contributed by atoms with E-state index in [4.69, 9.17) is 9.47 Å². The van der Waals surface area contributed by atoms with Crippen molar-refractivity contribution >= 4 is 0 Å². The summed E-state index contributed by atoms with van der Waals surface area (Å²) in [5.41, 5.74) is 2.37. The summed E-state index contributed by atoms with van der Waals surface area (Å²) in [6.45, 7) is 13.8. The average Bonchev–Trinajstić information content (AvgIpc) is 2.51. The van der Waals surface area contributed by atoms with Crippen molar-refractivity contribution in [3.8, 4) is 0 Å². The molecular weight excluding hydrogens is 236 g/mol. The predicted octanol–water partition coefficient (Wildman–Crippen LogP) is 5.40. The van der Waals surface area contributed by atoms with E-state index in [1.807, 2.05) is 52.8 Å². The van der Waals surface area contributed by atoms with E-state index in [0.29, 0.717) is 0 Å². The summed E-state index contributed by atoms with van der Waals surface area (Å²) >= 11 is 0. The third-order valence-electron chi connectivity index (χ3n) is 2.52. The van der Waals surface area contributed by atoms with Crippen LogP contribution in [0.15, 0.2) is 47.5 Å². The van der Waals surface area contributed by atoms with Crippen molar-refractivity contribution in [2.24, 2.45) is 0 Å². The van der Waals surface area contributed by atoms with Crippen LogP contribution in [0.25, 0.3) is 0 Å². The lowest BCUT2D eigenvalue weighted by molar-refractivity contribution is 0.275. The highest BCUT2D eigenvalue weighted by Gasteiger charge is 2.10. The first-order valence-corrected chi connectivity index (χ1v) is 7.03. The number of rotatable bonds is 4. The van der Waals surface area contributed by atoms with Gasteiger partial charge in [-0.1, -0.05) is 40.3 Å². The highest BCUT2D eigenvalue weighted by molar-refractivity contribution is 5.44. The molecule has 110 valence electrons.